The molecule has 1 saturated heterocycles. The molecule has 1 aromatic carbocycles. The highest BCUT2D eigenvalue weighted by Gasteiger charge is 2.25. The molecule has 2 heterocycles. The summed E-state index contributed by atoms with van der Waals surface area (Å²) in [6.45, 7) is 8.23. The predicted molar refractivity (Wildman–Crippen MR) is 95.8 cm³/mol. The third-order valence-electron chi connectivity index (χ3n) is 4.60. The second-order valence-electron chi connectivity index (χ2n) is 7.25. The van der Waals surface area contributed by atoms with E-state index in [1.807, 2.05) is 6.08 Å². The smallest absolute Gasteiger partial charge is 0.110 e. The van der Waals surface area contributed by atoms with Gasteiger partial charge in [0, 0.05) is 13.0 Å². The third kappa shape index (κ3) is 4.24. The highest BCUT2D eigenvalue weighted by atomic mass is 16.5. The van der Waals surface area contributed by atoms with Crippen molar-refractivity contribution in [1.29, 1.82) is 0 Å². The molecule has 0 radical (unpaired) electrons. The summed E-state index contributed by atoms with van der Waals surface area (Å²) >= 11 is 0. The monoisotopic (exact) mass is 312 g/mol. The molecule has 1 fully saturated rings. The molecule has 0 spiro atoms. The number of hydrogen-bond acceptors (Lipinski definition) is 3. The summed E-state index contributed by atoms with van der Waals surface area (Å²) in [5.41, 5.74) is 9.56. The number of rotatable bonds is 4. The van der Waals surface area contributed by atoms with Crippen molar-refractivity contribution in [1.82, 2.24) is 4.90 Å². The van der Waals surface area contributed by atoms with Crippen LogP contribution in [0.2, 0.25) is 0 Å². The van der Waals surface area contributed by atoms with E-state index in [1.165, 1.54) is 42.6 Å². The van der Waals surface area contributed by atoms with Gasteiger partial charge in [0.05, 0.1) is 6.54 Å². The number of ether oxygens (including phenoxy) is 1. The molecule has 0 atom stereocenters. The highest BCUT2D eigenvalue weighted by Crippen LogP contribution is 2.32. The van der Waals surface area contributed by atoms with Gasteiger partial charge in [0.1, 0.15) is 11.4 Å². The zero-order valence-electron chi connectivity index (χ0n) is 14.3. The summed E-state index contributed by atoms with van der Waals surface area (Å²) in [4.78, 5) is 2.54. The van der Waals surface area contributed by atoms with Gasteiger partial charge in [-0.25, -0.2) is 0 Å². The van der Waals surface area contributed by atoms with Crippen LogP contribution in [0.1, 0.15) is 44.2 Å². The first-order valence-corrected chi connectivity index (χ1v) is 8.66. The van der Waals surface area contributed by atoms with Crippen LogP contribution in [-0.2, 0) is 11.3 Å². The van der Waals surface area contributed by atoms with Gasteiger partial charge in [-0.05, 0) is 62.6 Å². The third-order valence-corrected chi connectivity index (χ3v) is 4.60. The molecule has 2 aliphatic rings. The Morgan fingerprint density at radius 2 is 1.96 bits per heavy atom. The lowest BCUT2D eigenvalue weighted by atomic mass is 9.92. The molecule has 3 nitrogen and oxygen atoms in total. The van der Waals surface area contributed by atoms with Crippen LogP contribution < -0.4 is 5.73 Å². The molecule has 2 aliphatic heterocycles. The maximum absolute atomic E-state index is 6.01. The number of benzene rings is 1. The zero-order chi connectivity index (χ0) is 16.3. The molecule has 124 valence electrons. The van der Waals surface area contributed by atoms with Crippen molar-refractivity contribution in [3.05, 3.63) is 53.3 Å². The first-order valence-electron chi connectivity index (χ1n) is 8.66. The fourth-order valence-electron chi connectivity index (χ4n) is 3.51. The SMILES string of the molecule is CC1(C)CC(c2cccc(CN3CCCC3)c2)=CC=C(CN)O1. The Bertz CT molecular complexity index is 610. The van der Waals surface area contributed by atoms with Crippen LogP contribution in [0.4, 0.5) is 0 Å². The normalized spacial score (nSPS) is 21.3. The molecule has 0 aliphatic carbocycles. The van der Waals surface area contributed by atoms with Gasteiger partial charge in [0.15, 0.2) is 0 Å². The quantitative estimate of drug-likeness (QED) is 0.921. The molecule has 3 rings (SSSR count). The second kappa shape index (κ2) is 6.90. The summed E-state index contributed by atoms with van der Waals surface area (Å²) in [6.07, 6.45) is 7.76. The van der Waals surface area contributed by atoms with E-state index in [4.69, 9.17) is 10.5 Å². The number of allylic oxidation sites excluding steroid dienone is 2. The number of hydrogen-bond donors (Lipinski definition) is 1. The van der Waals surface area contributed by atoms with E-state index in [2.05, 4.69) is 49.1 Å². The first-order chi connectivity index (χ1) is 11.1. The van der Waals surface area contributed by atoms with Crippen LogP contribution >= 0.6 is 0 Å². The molecular weight excluding hydrogens is 284 g/mol. The van der Waals surface area contributed by atoms with E-state index < -0.39 is 0 Å². The molecular formula is C20H28N2O. The lowest BCUT2D eigenvalue weighted by Gasteiger charge is -2.27. The zero-order valence-corrected chi connectivity index (χ0v) is 14.3. The Hall–Kier alpha value is -1.58. The average Bonchev–Trinajstić information content (AvgIpc) is 2.97. The Morgan fingerprint density at radius 1 is 1.17 bits per heavy atom. The number of nitrogens with two attached hydrogens (primary N) is 1. The van der Waals surface area contributed by atoms with Crippen molar-refractivity contribution in [2.24, 2.45) is 5.73 Å². The molecule has 23 heavy (non-hydrogen) atoms. The van der Waals surface area contributed by atoms with E-state index in [0.29, 0.717) is 6.54 Å². The second-order valence-corrected chi connectivity index (χ2v) is 7.25. The Kier molecular flexibility index (Phi) is 4.88. The molecule has 1 aromatic rings. The molecule has 0 aromatic heterocycles. The van der Waals surface area contributed by atoms with Crippen LogP contribution in [-0.4, -0.2) is 30.1 Å². The molecule has 0 unspecified atom stereocenters. The Balaban J connectivity index is 1.82. The van der Waals surface area contributed by atoms with Gasteiger partial charge < -0.3 is 10.5 Å². The molecule has 2 N–H and O–H groups in total. The Labute approximate surface area is 139 Å². The topological polar surface area (TPSA) is 38.5 Å². The lowest BCUT2D eigenvalue weighted by Crippen LogP contribution is -2.25. The van der Waals surface area contributed by atoms with E-state index >= 15 is 0 Å². The summed E-state index contributed by atoms with van der Waals surface area (Å²) in [5, 5.41) is 0. The van der Waals surface area contributed by atoms with E-state index in [-0.39, 0.29) is 5.60 Å². The minimum atomic E-state index is -0.224. The van der Waals surface area contributed by atoms with E-state index in [9.17, 15) is 0 Å². The van der Waals surface area contributed by atoms with Crippen molar-refractivity contribution in [2.45, 2.75) is 45.3 Å². The van der Waals surface area contributed by atoms with Gasteiger partial charge in [0.2, 0.25) is 0 Å². The Morgan fingerprint density at radius 3 is 2.70 bits per heavy atom. The van der Waals surface area contributed by atoms with Crippen LogP contribution in [0.25, 0.3) is 5.57 Å². The average molecular weight is 312 g/mol. The number of nitrogens with zero attached hydrogens (tertiary/aromatic N) is 1. The molecule has 0 bridgehead atoms. The molecule has 0 saturated carbocycles. The van der Waals surface area contributed by atoms with Crippen molar-refractivity contribution in [3.8, 4) is 0 Å². The summed E-state index contributed by atoms with van der Waals surface area (Å²) in [7, 11) is 0. The first kappa shape index (κ1) is 16.3. The standard InChI is InChI=1S/C20H28N2O/c1-20(2)13-18(8-9-19(14-21)23-20)17-7-5-6-16(12-17)15-22-10-3-4-11-22/h5-9,12H,3-4,10-11,13-15,21H2,1-2H3. The minimum absolute atomic E-state index is 0.224. The van der Waals surface area contributed by atoms with Crippen LogP contribution in [0.5, 0.6) is 0 Å². The number of likely N-dealkylation sites (tertiary alicyclic amines) is 1. The van der Waals surface area contributed by atoms with Gasteiger partial charge in [-0.15, -0.1) is 0 Å². The largest absolute Gasteiger partial charge is 0.491 e. The molecule has 3 heteroatoms. The predicted octanol–water partition coefficient (Wildman–Crippen LogP) is 3.71. The maximum atomic E-state index is 6.01. The van der Waals surface area contributed by atoms with Crippen LogP contribution in [0, 0.1) is 0 Å². The minimum Gasteiger partial charge on any atom is -0.491 e. The van der Waals surface area contributed by atoms with Crippen molar-refractivity contribution >= 4 is 5.57 Å². The highest BCUT2D eigenvalue weighted by molar-refractivity contribution is 5.69. The van der Waals surface area contributed by atoms with Gasteiger partial charge in [0.25, 0.3) is 0 Å². The van der Waals surface area contributed by atoms with Gasteiger partial charge in [-0.1, -0.05) is 30.3 Å². The van der Waals surface area contributed by atoms with Crippen LogP contribution in [0.3, 0.4) is 0 Å². The molecule has 0 amide bonds. The van der Waals surface area contributed by atoms with Gasteiger partial charge >= 0.3 is 0 Å². The summed E-state index contributed by atoms with van der Waals surface area (Å²) in [5.74, 6) is 0.859. The van der Waals surface area contributed by atoms with Crippen LogP contribution in [0.15, 0.2) is 42.2 Å². The fraction of sp³-hybridized carbons (Fsp3) is 0.500. The van der Waals surface area contributed by atoms with Crippen molar-refractivity contribution in [3.63, 3.8) is 0 Å². The maximum Gasteiger partial charge on any atom is 0.110 e. The van der Waals surface area contributed by atoms with Gasteiger partial charge in [-0.2, -0.15) is 0 Å². The van der Waals surface area contributed by atoms with Gasteiger partial charge in [-0.3, -0.25) is 4.90 Å². The van der Waals surface area contributed by atoms with Crippen molar-refractivity contribution in [2.75, 3.05) is 19.6 Å². The lowest BCUT2D eigenvalue weighted by molar-refractivity contribution is 0.0400. The van der Waals surface area contributed by atoms with E-state index in [1.54, 1.807) is 0 Å². The van der Waals surface area contributed by atoms with Crippen molar-refractivity contribution < 1.29 is 4.74 Å². The summed E-state index contributed by atoms with van der Waals surface area (Å²) in [6, 6.07) is 8.95. The summed E-state index contributed by atoms with van der Waals surface area (Å²) < 4.78 is 6.01. The fourth-order valence-corrected chi connectivity index (χ4v) is 3.51. The van der Waals surface area contributed by atoms with E-state index in [0.717, 1.165) is 18.7 Å².